The summed E-state index contributed by atoms with van der Waals surface area (Å²) in [6.07, 6.45) is 7.34. The largest absolute Gasteiger partial charge is 0.481 e. The monoisotopic (exact) mass is 244 g/mol. The normalized spacial score (nSPS) is 20.9. The van der Waals surface area contributed by atoms with Gasteiger partial charge in [0.05, 0.1) is 5.41 Å². The van der Waals surface area contributed by atoms with Crippen LogP contribution in [0.1, 0.15) is 54.4 Å². The van der Waals surface area contributed by atoms with Crippen LogP contribution in [0.4, 0.5) is 0 Å². The predicted octanol–water partition coefficient (Wildman–Crippen LogP) is 3.38. The van der Waals surface area contributed by atoms with Crippen LogP contribution in [-0.2, 0) is 23.1 Å². The number of carboxylic acids is 1. The number of hydrogen-bond donors (Lipinski definition) is 1. The molecule has 0 unspecified atom stereocenters. The van der Waals surface area contributed by atoms with Gasteiger partial charge in [0, 0.05) is 0 Å². The van der Waals surface area contributed by atoms with Gasteiger partial charge in [0.15, 0.2) is 0 Å². The summed E-state index contributed by atoms with van der Waals surface area (Å²) in [5, 5.41) is 9.61. The average Bonchev–Trinajstić information content (AvgIpc) is 2.30. The van der Waals surface area contributed by atoms with Crippen molar-refractivity contribution in [2.75, 3.05) is 0 Å². The number of benzene rings is 1. The Kier molecular flexibility index (Phi) is 2.69. The van der Waals surface area contributed by atoms with Crippen LogP contribution in [0, 0.1) is 6.92 Å². The summed E-state index contributed by atoms with van der Waals surface area (Å²) in [6, 6.07) is 4.22. The summed E-state index contributed by atoms with van der Waals surface area (Å²) in [5.74, 6) is -0.620. The van der Waals surface area contributed by atoms with Crippen LogP contribution in [-0.4, -0.2) is 11.1 Å². The molecule has 1 fully saturated rings. The van der Waals surface area contributed by atoms with Crippen molar-refractivity contribution in [1.29, 1.82) is 0 Å². The molecule has 18 heavy (non-hydrogen) atoms. The first-order chi connectivity index (χ1) is 8.65. The van der Waals surface area contributed by atoms with Crippen LogP contribution in [0.3, 0.4) is 0 Å². The Morgan fingerprint density at radius 3 is 2.33 bits per heavy atom. The van der Waals surface area contributed by atoms with E-state index in [0.29, 0.717) is 0 Å². The first-order valence-electron chi connectivity index (χ1n) is 7.00. The molecule has 0 aliphatic heterocycles. The molecule has 0 amide bonds. The fraction of sp³-hybridized carbons (Fsp3) is 0.562. The third-order valence-electron chi connectivity index (χ3n) is 4.90. The Balaban J connectivity index is 2.15. The number of hydrogen-bond acceptors (Lipinski definition) is 1. The molecule has 1 N–H and O–H groups in total. The molecule has 0 atom stereocenters. The summed E-state index contributed by atoms with van der Waals surface area (Å²) < 4.78 is 0. The first-order valence-corrected chi connectivity index (χ1v) is 7.00. The maximum absolute atomic E-state index is 11.7. The third-order valence-corrected chi connectivity index (χ3v) is 4.90. The van der Waals surface area contributed by atoms with E-state index in [4.69, 9.17) is 0 Å². The zero-order valence-electron chi connectivity index (χ0n) is 11.0. The summed E-state index contributed by atoms with van der Waals surface area (Å²) in [7, 11) is 0. The molecule has 0 saturated heterocycles. The van der Waals surface area contributed by atoms with Gasteiger partial charge in [-0.25, -0.2) is 0 Å². The van der Waals surface area contributed by atoms with Crippen molar-refractivity contribution in [3.05, 3.63) is 34.4 Å². The molecule has 0 heterocycles. The van der Waals surface area contributed by atoms with E-state index in [0.717, 1.165) is 37.7 Å². The Hall–Kier alpha value is -1.31. The van der Waals surface area contributed by atoms with Crippen LogP contribution in [0.2, 0.25) is 0 Å². The maximum atomic E-state index is 11.7. The number of carboxylic acid groups (broad SMARTS) is 1. The Labute approximate surface area is 108 Å². The Morgan fingerprint density at radius 2 is 1.78 bits per heavy atom. The van der Waals surface area contributed by atoms with Gasteiger partial charge in [-0.15, -0.1) is 0 Å². The van der Waals surface area contributed by atoms with E-state index < -0.39 is 11.4 Å². The van der Waals surface area contributed by atoms with Gasteiger partial charge in [-0.05, 0) is 67.7 Å². The smallest absolute Gasteiger partial charge is 0.314 e. The highest BCUT2D eigenvalue weighted by molar-refractivity contribution is 5.83. The molecule has 2 nitrogen and oxygen atoms in total. The molecule has 1 aromatic rings. The van der Waals surface area contributed by atoms with Gasteiger partial charge in [-0.1, -0.05) is 18.6 Å². The molecule has 2 heteroatoms. The van der Waals surface area contributed by atoms with E-state index in [1.165, 1.54) is 29.5 Å². The SMILES string of the molecule is Cc1ccc(C2(C(=O)O)CCC2)c2c1CCCC2. The fourth-order valence-electron chi connectivity index (χ4n) is 3.62. The van der Waals surface area contributed by atoms with Crippen LogP contribution in [0.15, 0.2) is 12.1 Å². The second-order valence-electron chi connectivity index (χ2n) is 5.84. The van der Waals surface area contributed by atoms with E-state index in [-0.39, 0.29) is 0 Å². The number of aliphatic carboxylic acids is 1. The van der Waals surface area contributed by atoms with Gasteiger partial charge in [0.2, 0.25) is 0 Å². The third kappa shape index (κ3) is 1.51. The van der Waals surface area contributed by atoms with Gasteiger partial charge in [-0.3, -0.25) is 4.79 Å². The lowest BCUT2D eigenvalue weighted by molar-refractivity contribution is -0.147. The summed E-state index contributed by atoms with van der Waals surface area (Å²) in [4.78, 5) is 11.7. The minimum Gasteiger partial charge on any atom is -0.481 e. The lowest BCUT2D eigenvalue weighted by atomic mass is 9.62. The minimum atomic E-state index is -0.620. The topological polar surface area (TPSA) is 37.3 Å². The molecule has 0 spiro atoms. The molecule has 0 radical (unpaired) electrons. The minimum absolute atomic E-state index is 0.560. The number of rotatable bonds is 2. The number of carbonyl (C=O) groups is 1. The molecule has 96 valence electrons. The van der Waals surface area contributed by atoms with Crippen LogP contribution in [0.5, 0.6) is 0 Å². The van der Waals surface area contributed by atoms with Crippen molar-refractivity contribution in [3.8, 4) is 0 Å². The second-order valence-corrected chi connectivity index (χ2v) is 5.84. The highest BCUT2D eigenvalue weighted by Crippen LogP contribution is 2.47. The molecule has 0 bridgehead atoms. The first kappa shape index (κ1) is 11.8. The summed E-state index contributed by atoms with van der Waals surface area (Å²) >= 11 is 0. The standard InChI is InChI=1S/C16H20O2/c1-11-7-8-14(13-6-3-2-5-12(11)13)16(15(17)18)9-4-10-16/h7-8H,2-6,9-10H2,1H3,(H,17,18). The zero-order valence-corrected chi connectivity index (χ0v) is 11.0. The zero-order chi connectivity index (χ0) is 12.8. The van der Waals surface area contributed by atoms with Gasteiger partial charge in [0.25, 0.3) is 0 Å². The summed E-state index contributed by atoms with van der Waals surface area (Å²) in [6.45, 7) is 2.15. The molecular formula is C16H20O2. The fourth-order valence-corrected chi connectivity index (χ4v) is 3.62. The lowest BCUT2D eigenvalue weighted by Gasteiger charge is -2.40. The molecule has 2 aliphatic rings. The van der Waals surface area contributed by atoms with Crippen LogP contribution in [0.25, 0.3) is 0 Å². The van der Waals surface area contributed by atoms with Crippen molar-refractivity contribution >= 4 is 5.97 Å². The van der Waals surface area contributed by atoms with E-state index in [1.54, 1.807) is 0 Å². The van der Waals surface area contributed by atoms with Crippen molar-refractivity contribution in [3.63, 3.8) is 0 Å². The average molecular weight is 244 g/mol. The Bertz CT molecular complexity index is 498. The van der Waals surface area contributed by atoms with Crippen molar-refractivity contribution < 1.29 is 9.90 Å². The number of aryl methyl sites for hydroxylation is 1. The Morgan fingerprint density at radius 1 is 1.11 bits per heavy atom. The quantitative estimate of drug-likeness (QED) is 0.866. The van der Waals surface area contributed by atoms with Gasteiger partial charge >= 0.3 is 5.97 Å². The van der Waals surface area contributed by atoms with Crippen molar-refractivity contribution in [1.82, 2.24) is 0 Å². The van der Waals surface area contributed by atoms with E-state index in [9.17, 15) is 9.90 Å². The van der Waals surface area contributed by atoms with E-state index in [1.807, 2.05) is 0 Å². The maximum Gasteiger partial charge on any atom is 0.314 e. The highest BCUT2D eigenvalue weighted by atomic mass is 16.4. The molecule has 2 aliphatic carbocycles. The van der Waals surface area contributed by atoms with E-state index >= 15 is 0 Å². The second kappa shape index (κ2) is 4.11. The van der Waals surface area contributed by atoms with Gasteiger partial charge in [-0.2, -0.15) is 0 Å². The lowest BCUT2D eigenvalue weighted by Crippen LogP contribution is -2.43. The number of fused-ring (bicyclic) bond motifs is 1. The van der Waals surface area contributed by atoms with Gasteiger partial charge in [0.1, 0.15) is 0 Å². The van der Waals surface area contributed by atoms with Crippen LogP contribution >= 0.6 is 0 Å². The van der Waals surface area contributed by atoms with Crippen molar-refractivity contribution in [2.24, 2.45) is 0 Å². The van der Waals surface area contributed by atoms with Crippen molar-refractivity contribution in [2.45, 2.75) is 57.3 Å². The molecule has 0 aromatic heterocycles. The molecule has 1 saturated carbocycles. The molecule has 1 aromatic carbocycles. The predicted molar refractivity (Wildman–Crippen MR) is 71.0 cm³/mol. The van der Waals surface area contributed by atoms with E-state index in [2.05, 4.69) is 19.1 Å². The molecule has 3 rings (SSSR count). The molecular weight excluding hydrogens is 224 g/mol. The van der Waals surface area contributed by atoms with Gasteiger partial charge < -0.3 is 5.11 Å². The summed E-state index contributed by atoms with van der Waals surface area (Å²) in [5.41, 5.74) is 4.71. The highest BCUT2D eigenvalue weighted by Gasteiger charge is 2.47. The van der Waals surface area contributed by atoms with Crippen LogP contribution < -0.4 is 0 Å².